The monoisotopic (exact) mass is 385 g/mol. The maximum absolute atomic E-state index is 5.99. The predicted octanol–water partition coefficient (Wildman–Crippen LogP) is 7.00. The Morgan fingerprint density at radius 1 is 0.870 bits per heavy atom. The van der Waals surface area contributed by atoms with Gasteiger partial charge in [-0.2, -0.15) is 0 Å². The molecule has 0 spiro atoms. The summed E-state index contributed by atoms with van der Waals surface area (Å²) in [7, 11) is 3.45. The van der Waals surface area contributed by atoms with Gasteiger partial charge in [0.25, 0.3) is 0 Å². The Morgan fingerprint density at radius 2 is 1.61 bits per heavy atom. The van der Waals surface area contributed by atoms with Crippen LogP contribution in [-0.2, 0) is 11.5 Å². The summed E-state index contributed by atoms with van der Waals surface area (Å²) in [6.45, 7) is 0. The lowest BCUT2D eigenvalue weighted by Crippen LogP contribution is -1.87. The molecule has 1 N–H and O–H groups in total. The second-order valence-corrected chi connectivity index (χ2v) is 8.02. The number of anilines is 2. The third-order valence-electron chi connectivity index (χ3n) is 2.87. The van der Waals surface area contributed by atoms with Gasteiger partial charge in [-0.05, 0) is 30.3 Å². The van der Waals surface area contributed by atoms with Crippen molar-refractivity contribution in [2.45, 2.75) is 11.5 Å². The third kappa shape index (κ3) is 5.18. The standard InChI is InChI=1S/C16H13Cl2NO2S2/c17-11-4-12(18)6-13(5-11)19-14-7-16(21-8-14)10-23-22-9-15-2-1-3-20-15/h1-8,19H,9-10H2. The molecule has 0 saturated carbocycles. The Hall–Kier alpha value is -1.14. The Kier molecular flexibility index (Phi) is 5.89. The highest BCUT2D eigenvalue weighted by Gasteiger charge is 2.05. The maximum Gasteiger partial charge on any atom is 0.116 e. The van der Waals surface area contributed by atoms with E-state index in [9.17, 15) is 0 Å². The molecule has 2 heterocycles. The van der Waals surface area contributed by atoms with Crippen molar-refractivity contribution in [3.63, 3.8) is 0 Å². The Morgan fingerprint density at radius 3 is 2.30 bits per heavy atom. The number of hydrogen-bond acceptors (Lipinski definition) is 5. The summed E-state index contributed by atoms with van der Waals surface area (Å²) in [5, 5.41) is 4.41. The van der Waals surface area contributed by atoms with Gasteiger partial charge in [0.05, 0.1) is 23.5 Å². The van der Waals surface area contributed by atoms with Gasteiger partial charge in [0.2, 0.25) is 0 Å². The Balaban J connectivity index is 1.49. The van der Waals surface area contributed by atoms with Gasteiger partial charge in [-0.25, -0.2) is 0 Å². The SMILES string of the molecule is Clc1cc(Cl)cc(Nc2coc(CSSCc3ccco3)c2)c1. The first kappa shape index (κ1) is 16.7. The van der Waals surface area contributed by atoms with Crippen LogP contribution >= 0.6 is 44.8 Å². The van der Waals surface area contributed by atoms with Crippen molar-refractivity contribution in [2.24, 2.45) is 0 Å². The summed E-state index contributed by atoms with van der Waals surface area (Å²) in [6, 6.07) is 11.2. The molecule has 3 nitrogen and oxygen atoms in total. The van der Waals surface area contributed by atoms with Crippen LogP contribution in [0.4, 0.5) is 11.4 Å². The molecule has 0 aliphatic carbocycles. The van der Waals surface area contributed by atoms with E-state index in [1.54, 1.807) is 40.2 Å². The van der Waals surface area contributed by atoms with E-state index in [2.05, 4.69) is 5.32 Å². The smallest absolute Gasteiger partial charge is 0.116 e. The second kappa shape index (κ2) is 8.11. The van der Waals surface area contributed by atoms with Crippen LogP contribution in [-0.4, -0.2) is 0 Å². The first-order valence-corrected chi connectivity index (χ1v) is 10.0. The summed E-state index contributed by atoms with van der Waals surface area (Å²) in [6.07, 6.45) is 3.37. The first-order valence-electron chi connectivity index (χ1n) is 6.76. The van der Waals surface area contributed by atoms with E-state index in [1.165, 1.54) is 0 Å². The molecule has 1 aromatic carbocycles. The molecule has 0 unspecified atom stereocenters. The van der Waals surface area contributed by atoms with E-state index in [-0.39, 0.29) is 0 Å². The zero-order chi connectivity index (χ0) is 16.1. The minimum Gasteiger partial charge on any atom is -0.468 e. The lowest BCUT2D eigenvalue weighted by molar-refractivity contribution is 0.530. The minimum atomic E-state index is 0.591. The van der Waals surface area contributed by atoms with Gasteiger partial charge >= 0.3 is 0 Å². The van der Waals surface area contributed by atoms with Gasteiger partial charge in [0.1, 0.15) is 17.8 Å². The zero-order valence-corrected chi connectivity index (χ0v) is 15.1. The van der Waals surface area contributed by atoms with Crippen molar-refractivity contribution < 1.29 is 8.83 Å². The van der Waals surface area contributed by atoms with Crippen molar-refractivity contribution in [1.82, 2.24) is 0 Å². The van der Waals surface area contributed by atoms with Gasteiger partial charge in [0.15, 0.2) is 0 Å². The molecule has 0 saturated heterocycles. The molecule has 0 atom stereocenters. The molecular formula is C16H13Cl2NO2S2. The summed E-state index contributed by atoms with van der Waals surface area (Å²) < 4.78 is 10.8. The Bertz CT molecular complexity index is 739. The quantitative estimate of drug-likeness (QED) is 0.349. The maximum atomic E-state index is 5.99. The molecule has 0 bridgehead atoms. The predicted molar refractivity (Wildman–Crippen MR) is 99.8 cm³/mol. The second-order valence-electron chi connectivity index (χ2n) is 4.69. The molecule has 0 radical (unpaired) electrons. The zero-order valence-electron chi connectivity index (χ0n) is 11.9. The van der Waals surface area contributed by atoms with Gasteiger partial charge in [0, 0.05) is 21.8 Å². The van der Waals surface area contributed by atoms with Gasteiger partial charge in [-0.1, -0.05) is 44.8 Å². The van der Waals surface area contributed by atoms with Crippen LogP contribution < -0.4 is 5.32 Å². The first-order chi connectivity index (χ1) is 11.2. The molecule has 7 heteroatoms. The summed E-state index contributed by atoms with van der Waals surface area (Å²) in [5.41, 5.74) is 1.70. The van der Waals surface area contributed by atoms with Gasteiger partial charge in [-0.3, -0.25) is 0 Å². The Labute approximate surface area is 152 Å². The topological polar surface area (TPSA) is 38.3 Å². The molecular weight excluding hydrogens is 373 g/mol. The summed E-state index contributed by atoms with van der Waals surface area (Å²) >= 11 is 12.0. The van der Waals surface area contributed by atoms with Crippen molar-refractivity contribution >= 4 is 56.2 Å². The van der Waals surface area contributed by atoms with Crippen molar-refractivity contribution in [3.05, 3.63) is 70.5 Å². The third-order valence-corrected chi connectivity index (χ3v) is 5.49. The minimum absolute atomic E-state index is 0.591. The van der Waals surface area contributed by atoms with Crippen LogP contribution in [0.15, 0.2) is 57.8 Å². The van der Waals surface area contributed by atoms with E-state index in [4.69, 9.17) is 32.0 Å². The highest BCUT2D eigenvalue weighted by Crippen LogP contribution is 2.31. The summed E-state index contributed by atoms with van der Waals surface area (Å²) in [5.74, 6) is 3.49. The molecule has 0 aliphatic heterocycles. The van der Waals surface area contributed by atoms with E-state index in [0.717, 1.165) is 34.4 Å². The number of rotatable bonds is 7. The molecule has 0 aliphatic rings. The van der Waals surface area contributed by atoms with Crippen molar-refractivity contribution in [3.8, 4) is 0 Å². The van der Waals surface area contributed by atoms with Crippen LogP contribution in [0.5, 0.6) is 0 Å². The number of halogens is 2. The van der Waals surface area contributed by atoms with Crippen LogP contribution in [0.1, 0.15) is 11.5 Å². The fourth-order valence-electron chi connectivity index (χ4n) is 1.91. The van der Waals surface area contributed by atoms with E-state index >= 15 is 0 Å². The molecule has 23 heavy (non-hydrogen) atoms. The van der Waals surface area contributed by atoms with E-state index in [0.29, 0.717) is 10.0 Å². The summed E-state index contributed by atoms with van der Waals surface area (Å²) in [4.78, 5) is 0. The van der Waals surface area contributed by atoms with Gasteiger partial charge < -0.3 is 14.2 Å². The van der Waals surface area contributed by atoms with Crippen molar-refractivity contribution in [2.75, 3.05) is 5.32 Å². The molecule has 120 valence electrons. The normalized spacial score (nSPS) is 10.9. The van der Waals surface area contributed by atoms with Crippen LogP contribution in [0.3, 0.4) is 0 Å². The molecule has 3 rings (SSSR count). The molecule has 0 amide bonds. The largest absolute Gasteiger partial charge is 0.468 e. The fraction of sp³-hybridized carbons (Fsp3) is 0.125. The fourth-order valence-corrected chi connectivity index (χ4v) is 4.35. The highest BCUT2D eigenvalue weighted by atomic mass is 35.5. The average molecular weight is 386 g/mol. The number of furan rings is 2. The number of nitrogens with one attached hydrogen (secondary N) is 1. The van der Waals surface area contributed by atoms with Crippen molar-refractivity contribution in [1.29, 1.82) is 0 Å². The van der Waals surface area contributed by atoms with Crippen LogP contribution in [0, 0.1) is 0 Å². The lowest BCUT2D eigenvalue weighted by Gasteiger charge is -2.04. The lowest BCUT2D eigenvalue weighted by atomic mass is 10.3. The van der Waals surface area contributed by atoms with E-state index < -0.39 is 0 Å². The molecule has 3 aromatic rings. The molecule has 0 fully saturated rings. The van der Waals surface area contributed by atoms with Crippen LogP contribution in [0.25, 0.3) is 0 Å². The van der Waals surface area contributed by atoms with Gasteiger partial charge in [-0.15, -0.1) is 0 Å². The molecule has 2 aromatic heterocycles. The average Bonchev–Trinajstić information content (AvgIpc) is 3.14. The van der Waals surface area contributed by atoms with Crippen LogP contribution in [0.2, 0.25) is 10.0 Å². The van der Waals surface area contributed by atoms with E-state index in [1.807, 2.05) is 30.3 Å². The number of benzene rings is 1. The highest BCUT2D eigenvalue weighted by molar-refractivity contribution is 8.76. The number of hydrogen-bond donors (Lipinski definition) is 1.